The van der Waals surface area contributed by atoms with Crippen LogP contribution in [-0.4, -0.2) is 34.1 Å². The van der Waals surface area contributed by atoms with Crippen molar-refractivity contribution in [1.82, 2.24) is 15.1 Å². The van der Waals surface area contributed by atoms with Crippen molar-refractivity contribution in [2.45, 2.75) is 33.1 Å². The quantitative estimate of drug-likeness (QED) is 0.789. The first-order chi connectivity index (χ1) is 12.1. The van der Waals surface area contributed by atoms with Gasteiger partial charge in [-0.05, 0) is 50.7 Å². The molecule has 3 heterocycles. The molecule has 1 aliphatic rings. The fraction of sp³-hybridized carbons (Fsp3) is 0.400. The summed E-state index contributed by atoms with van der Waals surface area (Å²) < 4.78 is 5.87. The number of aryl methyl sites for hydroxylation is 2. The van der Waals surface area contributed by atoms with Crippen LogP contribution >= 0.6 is 0 Å². The molecule has 4 rings (SSSR count). The lowest BCUT2D eigenvalue weighted by Gasteiger charge is -2.32. The number of carbonyl (C=O) groups excluding carboxylic acids is 1. The molecule has 2 aromatic heterocycles. The summed E-state index contributed by atoms with van der Waals surface area (Å²) in [6.07, 6.45) is 4.97. The van der Waals surface area contributed by atoms with E-state index in [1.54, 1.807) is 0 Å². The standard InChI is InChI=1S/C20H23N3O2/c1-13-11-21-22-17(13)10-15-6-5-9-23(12-15)20(24)19-14(2)16-7-3-4-8-18(16)25-19/h3-4,7-8,11,15H,5-6,9-10,12H2,1-2H3,(H,21,22). The van der Waals surface area contributed by atoms with E-state index in [0.717, 1.165) is 48.9 Å². The van der Waals surface area contributed by atoms with Gasteiger partial charge in [-0.1, -0.05) is 18.2 Å². The Labute approximate surface area is 147 Å². The van der Waals surface area contributed by atoms with Gasteiger partial charge in [-0.15, -0.1) is 0 Å². The number of piperidine rings is 1. The lowest BCUT2D eigenvalue weighted by molar-refractivity contribution is 0.0642. The first-order valence-corrected chi connectivity index (χ1v) is 8.89. The molecule has 5 heteroatoms. The summed E-state index contributed by atoms with van der Waals surface area (Å²) >= 11 is 0. The first kappa shape index (κ1) is 15.9. The summed E-state index contributed by atoms with van der Waals surface area (Å²) in [4.78, 5) is 15.0. The number of hydrogen-bond acceptors (Lipinski definition) is 3. The number of carbonyl (C=O) groups is 1. The molecule has 0 aliphatic carbocycles. The number of furan rings is 1. The zero-order valence-electron chi connectivity index (χ0n) is 14.7. The number of fused-ring (bicyclic) bond motifs is 1. The van der Waals surface area contributed by atoms with Crippen LogP contribution in [0.25, 0.3) is 11.0 Å². The third-order valence-electron chi connectivity index (χ3n) is 5.27. The minimum absolute atomic E-state index is 0.0136. The molecule has 1 N–H and O–H groups in total. The van der Waals surface area contributed by atoms with E-state index < -0.39 is 0 Å². The van der Waals surface area contributed by atoms with Crippen LogP contribution in [-0.2, 0) is 6.42 Å². The molecule has 0 spiro atoms. The van der Waals surface area contributed by atoms with E-state index in [1.165, 1.54) is 11.3 Å². The molecule has 0 saturated carbocycles. The average Bonchev–Trinajstić information content (AvgIpc) is 3.18. The van der Waals surface area contributed by atoms with Gasteiger partial charge in [0.2, 0.25) is 0 Å². The van der Waals surface area contributed by atoms with Crippen LogP contribution in [0.2, 0.25) is 0 Å². The summed E-state index contributed by atoms with van der Waals surface area (Å²) in [5.41, 5.74) is 4.09. The number of hydrogen-bond donors (Lipinski definition) is 1. The van der Waals surface area contributed by atoms with Crippen LogP contribution in [0.4, 0.5) is 0 Å². The van der Waals surface area contributed by atoms with Crippen LogP contribution < -0.4 is 0 Å². The van der Waals surface area contributed by atoms with E-state index in [1.807, 2.05) is 42.3 Å². The van der Waals surface area contributed by atoms with Crippen molar-refractivity contribution in [2.24, 2.45) is 5.92 Å². The molecule has 5 nitrogen and oxygen atoms in total. The number of aromatic amines is 1. The highest BCUT2D eigenvalue weighted by Gasteiger charge is 2.28. The molecule has 0 bridgehead atoms. The van der Waals surface area contributed by atoms with Crippen molar-refractivity contribution in [1.29, 1.82) is 0 Å². The third-order valence-corrected chi connectivity index (χ3v) is 5.27. The Morgan fingerprint density at radius 2 is 2.20 bits per heavy atom. The molecular formula is C20H23N3O2. The van der Waals surface area contributed by atoms with Crippen LogP contribution in [0.15, 0.2) is 34.9 Å². The summed E-state index contributed by atoms with van der Waals surface area (Å²) in [5.74, 6) is 0.959. The highest BCUT2D eigenvalue weighted by atomic mass is 16.3. The average molecular weight is 337 g/mol. The normalized spacial score (nSPS) is 18.0. The Morgan fingerprint density at radius 3 is 2.96 bits per heavy atom. The van der Waals surface area contributed by atoms with E-state index in [-0.39, 0.29) is 5.91 Å². The monoisotopic (exact) mass is 337 g/mol. The summed E-state index contributed by atoms with van der Waals surface area (Å²) in [6.45, 7) is 5.61. The van der Waals surface area contributed by atoms with Crippen molar-refractivity contribution < 1.29 is 9.21 Å². The SMILES string of the molecule is Cc1cn[nH]c1CC1CCCN(C(=O)c2oc3ccccc3c2C)C1. The van der Waals surface area contributed by atoms with Gasteiger partial charge in [0.15, 0.2) is 5.76 Å². The van der Waals surface area contributed by atoms with Gasteiger partial charge in [0.05, 0.1) is 6.20 Å². The topological polar surface area (TPSA) is 62.1 Å². The van der Waals surface area contributed by atoms with Gasteiger partial charge < -0.3 is 9.32 Å². The zero-order valence-corrected chi connectivity index (χ0v) is 14.7. The second-order valence-electron chi connectivity index (χ2n) is 7.05. The predicted octanol–water partition coefficient (Wildman–Crippen LogP) is 3.87. The smallest absolute Gasteiger partial charge is 0.289 e. The van der Waals surface area contributed by atoms with E-state index in [4.69, 9.17) is 4.42 Å². The zero-order chi connectivity index (χ0) is 17.4. The summed E-state index contributed by atoms with van der Waals surface area (Å²) in [7, 11) is 0. The van der Waals surface area contributed by atoms with Crippen molar-refractivity contribution in [2.75, 3.05) is 13.1 Å². The Balaban J connectivity index is 1.53. The highest BCUT2D eigenvalue weighted by molar-refractivity contribution is 5.98. The highest BCUT2D eigenvalue weighted by Crippen LogP contribution is 2.28. The van der Waals surface area contributed by atoms with Gasteiger partial charge in [-0.25, -0.2) is 0 Å². The van der Waals surface area contributed by atoms with E-state index in [9.17, 15) is 4.79 Å². The largest absolute Gasteiger partial charge is 0.451 e. The molecule has 1 aromatic carbocycles. The molecule has 1 atom stereocenters. The maximum atomic E-state index is 13.0. The van der Waals surface area contributed by atoms with E-state index >= 15 is 0 Å². The fourth-order valence-electron chi connectivity index (χ4n) is 3.81. The van der Waals surface area contributed by atoms with Gasteiger partial charge >= 0.3 is 0 Å². The lowest BCUT2D eigenvalue weighted by Crippen LogP contribution is -2.40. The Bertz CT molecular complexity index is 909. The predicted molar refractivity (Wildman–Crippen MR) is 96.6 cm³/mol. The van der Waals surface area contributed by atoms with Crippen LogP contribution in [0.1, 0.15) is 40.2 Å². The van der Waals surface area contributed by atoms with Gasteiger partial charge in [0, 0.05) is 29.7 Å². The number of nitrogens with zero attached hydrogens (tertiary/aromatic N) is 2. The molecule has 1 unspecified atom stereocenters. The number of benzene rings is 1. The molecule has 3 aromatic rings. The molecule has 25 heavy (non-hydrogen) atoms. The molecule has 1 amide bonds. The summed E-state index contributed by atoms with van der Waals surface area (Å²) in [6, 6.07) is 7.83. The maximum Gasteiger partial charge on any atom is 0.289 e. The Morgan fingerprint density at radius 1 is 1.36 bits per heavy atom. The molecular weight excluding hydrogens is 314 g/mol. The number of nitrogens with one attached hydrogen (secondary N) is 1. The number of H-pyrrole nitrogens is 1. The van der Waals surface area contributed by atoms with Crippen molar-refractivity contribution in [3.05, 3.63) is 53.0 Å². The second kappa shape index (κ2) is 6.39. The Kier molecular flexibility index (Phi) is 4.07. The van der Waals surface area contributed by atoms with Crippen molar-refractivity contribution in [3.63, 3.8) is 0 Å². The third kappa shape index (κ3) is 2.95. The fourth-order valence-corrected chi connectivity index (χ4v) is 3.81. The lowest BCUT2D eigenvalue weighted by atomic mass is 9.92. The van der Waals surface area contributed by atoms with Gasteiger partial charge in [-0.3, -0.25) is 9.89 Å². The van der Waals surface area contributed by atoms with Gasteiger partial charge in [0.1, 0.15) is 5.58 Å². The Hall–Kier alpha value is -2.56. The minimum Gasteiger partial charge on any atom is -0.451 e. The van der Waals surface area contributed by atoms with Gasteiger partial charge in [0.25, 0.3) is 5.91 Å². The number of rotatable bonds is 3. The van der Waals surface area contributed by atoms with Crippen molar-refractivity contribution in [3.8, 4) is 0 Å². The minimum atomic E-state index is 0.0136. The number of aromatic nitrogens is 2. The summed E-state index contributed by atoms with van der Waals surface area (Å²) in [5, 5.41) is 8.21. The molecule has 1 fully saturated rings. The second-order valence-corrected chi connectivity index (χ2v) is 7.05. The molecule has 1 aliphatic heterocycles. The number of amides is 1. The van der Waals surface area contributed by atoms with Gasteiger partial charge in [-0.2, -0.15) is 5.10 Å². The number of likely N-dealkylation sites (tertiary alicyclic amines) is 1. The van der Waals surface area contributed by atoms with Crippen molar-refractivity contribution >= 4 is 16.9 Å². The first-order valence-electron chi connectivity index (χ1n) is 8.89. The maximum absolute atomic E-state index is 13.0. The van der Waals surface area contributed by atoms with E-state index in [0.29, 0.717) is 11.7 Å². The molecule has 1 saturated heterocycles. The van der Waals surface area contributed by atoms with Crippen LogP contribution in [0, 0.1) is 19.8 Å². The number of para-hydroxylation sites is 1. The van der Waals surface area contributed by atoms with E-state index in [2.05, 4.69) is 17.1 Å². The van der Waals surface area contributed by atoms with Crippen LogP contribution in [0.5, 0.6) is 0 Å². The molecule has 0 radical (unpaired) electrons. The van der Waals surface area contributed by atoms with Crippen LogP contribution in [0.3, 0.4) is 0 Å². The molecule has 130 valence electrons.